The standard InChI is InChI=1S/C16H10Br2FNO2/c17-9-5-6-11(14(19)7-9)16-12(8-21)15(20-22-16)10-3-1-2-4-13(10)18/h1-7,21H,8H2. The zero-order chi connectivity index (χ0) is 15.7. The van der Waals surface area contributed by atoms with E-state index in [-0.39, 0.29) is 17.9 Å². The fraction of sp³-hybridized carbons (Fsp3) is 0.0625. The van der Waals surface area contributed by atoms with Crippen molar-refractivity contribution in [2.75, 3.05) is 0 Å². The maximum absolute atomic E-state index is 14.1. The van der Waals surface area contributed by atoms with Gasteiger partial charge in [0.2, 0.25) is 0 Å². The third kappa shape index (κ3) is 2.74. The predicted octanol–water partition coefficient (Wildman–Crippen LogP) is 5.17. The summed E-state index contributed by atoms with van der Waals surface area (Å²) in [6.07, 6.45) is 0. The van der Waals surface area contributed by atoms with Crippen LogP contribution in [0.2, 0.25) is 0 Å². The highest BCUT2D eigenvalue weighted by Crippen LogP contribution is 2.36. The Morgan fingerprint density at radius 3 is 2.55 bits per heavy atom. The Labute approximate surface area is 143 Å². The van der Waals surface area contributed by atoms with E-state index in [2.05, 4.69) is 37.0 Å². The molecule has 3 nitrogen and oxygen atoms in total. The lowest BCUT2D eigenvalue weighted by molar-refractivity contribution is 0.281. The molecule has 3 aromatic rings. The van der Waals surface area contributed by atoms with Gasteiger partial charge in [0.1, 0.15) is 11.5 Å². The molecule has 2 aromatic carbocycles. The van der Waals surface area contributed by atoms with Gasteiger partial charge in [-0.2, -0.15) is 0 Å². The van der Waals surface area contributed by atoms with Gasteiger partial charge in [0.25, 0.3) is 0 Å². The Kier molecular flexibility index (Phi) is 4.42. The van der Waals surface area contributed by atoms with Crippen molar-refractivity contribution >= 4 is 31.9 Å². The fourth-order valence-corrected chi connectivity index (χ4v) is 3.01. The number of hydrogen-bond donors (Lipinski definition) is 1. The van der Waals surface area contributed by atoms with Gasteiger partial charge < -0.3 is 9.63 Å². The van der Waals surface area contributed by atoms with Gasteiger partial charge >= 0.3 is 0 Å². The van der Waals surface area contributed by atoms with Gasteiger partial charge in [-0.05, 0) is 24.3 Å². The van der Waals surface area contributed by atoms with Crippen molar-refractivity contribution in [2.24, 2.45) is 0 Å². The first kappa shape index (κ1) is 15.4. The molecule has 22 heavy (non-hydrogen) atoms. The molecule has 112 valence electrons. The minimum absolute atomic E-state index is 0.234. The van der Waals surface area contributed by atoms with Crippen LogP contribution in [0.3, 0.4) is 0 Å². The molecule has 0 aliphatic carbocycles. The summed E-state index contributed by atoms with van der Waals surface area (Å²) >= 11 is 6.66. The van der Waals surface area contributed by atoms with E-state index in [4.69, 9.17) is 4.52 Å². The van der Waals surface area contributed by atoms with E-state index in [1.165, 1.54) is 6.07 Å². The number of benzene rings is 2. The fourth-order valence-electron chi connectivity index (χ4n) is 2.21. The number of halogens is 3. The van der Waals surface area contributed by atoms with E-state index in [1.807, 2.05) is 24.3 Å². The monoisotopic (exact) mass is 425 g/mol. The molecule has 0 aliphatic rings. The smallest absolute Gasteiger partial charge is 0.175 e. The molecular formula is C16H10Br2FNO2. The Balaban J connectivity index is 2.18. The van der Waals surface area contributed by atoms with E-state index < -0.39 is 5.82 Å². The number of aromatic nitrogens is 1. The Bertz CT molecular complexity index is 833. The largest absolute Gasteiger partial charge is 0.391 e. The summed E-state index contributed by atoms with van der Waals surface area (Å²) < 4.78 is 20.9. The lowest BCUT2D eigenvalue weighted by Gasteiger charge is -2.04. The second kappa shape index (κ2) is 6.32. The van der Waals surface area contributed by atoms with Crippen LogP contribution in [0.1, 0.15) is 5.56 Å². The van der Waals surface area contributed by atoms with Crippen molar-refractivity contribution in [1.29, 1.82) is 0 Å². The normalized spacial score (nSPS) is 10.9. The molecule has 0 saturated carbocycles. The van der Waals surface area contributed by atoms with Crippen LogP contribution in [0.4, 0.5) is 4.39 Å². The van der Waals surface area contributed by atoms with Crippen LogP contribution >= 0.6 is 31.9 Å². The van der Waals surface area contributed by atoms with E-state index in [0.29, 0.717) is 15.7 Å². The van der Waals surface area contributed by atoms with Gasteiger partial charge in [-0.3, -0.25) is 0 Å². The first-order valence-corrected chi connectivity index (χ1v) is 8.00. The summed E-state index contributed by atoms with van der Waals surface area (Å²) in [6, 6.07) is 12.1. The first-order valence-electron chi connectivity index (χ1n) is 6.41. The molecule has 1 N–H and O–H groups in total. The molecule has 0 spiro atoms. The zero-order valence-corrected chi connectivity index (χ0v) is 14.4. The number of hydrogen-bond acceptors (Lipinski definition) is 3. The molecule has 0 radical (unpaired) electrons. The van der Waals surface area contributed by atoms with Crippen LogP contribution in [-0.2, 0) is 6.61 Å². The van der Waals surface area contributed by atoms with Gasteiger partial charge in [0.05, 0.1) is 17.7 Å². The summed E-state index contributed by atoms with van der Waals surface area (Å²) in [6.45, 7) is -0.301. The van der Waals surface area contributed by atoms with Gasteiger partial charge in [-0.15, -0.1) is 0 Å². The summed E-state index contributed by atoms with van der Waals surface area (Å²) in [7, 11) is 0. The third-order valence-electron chi connectivity index (χ3n) is 3.25. The number of nitrogens with zero attached hydrogens (tertiary/aromatic N) is 1. The van der Waals surface area contributed by atoms with Crippen molar-refractivity contribution in [1.82, 2.24) is 5.16 Å². The van der Waals surface area contributed by atoms with Crippen LogP contribution in [0.15, 0.2) is 55.9 Å². The van der Waals surface area contributed by atoms with Gasteiger partial charge in [0, 0.05) is 14.5 Å². The average molecular weight is 427 g/mol. The minimum atomic E-state index is -0.445. The van der Waals surface area contributed by atoms with Crippen LogP contribution in [0.25, 0.3) is 22.6 Å². The molecule has 1 aromatic heterocycles. The lowest BCUT2D eigenvalue weighted by atomic mass is 10.0. The van der Waals surface area contributed by atoms with Crippen LogP contribution in [0, 0.1) is 5.82 Å². The molecule has 3 rings (SSSR count). The summed E-state index contributed by atoms with van der Waals surface area (Å²) in [4.78, 5) is 0. The van der Waals surface area contributed by atoms with Crippen LogP contribution in [-0.4, -0.2) is 10.3 Å². The Hall–Kier alpha value is -1.50. The molecule has 1 heterocycles. The van der Waals surface area contributed by atoms with E-state index in [1.54, 1.807) is 12.1 Å². The number of rotatable bonds is 3. The third-order valence-corrected chi connectivity index (χ3v) is 4.44. The van der Waals surface area contributed by atoms with Crippen LogP contribution in [0.5, 0.6) is 0 Å². The second-order valence-electron chi connectivity index (χ2n) is 4.60. The van der Waals surface area contributed by atoms with Gasteiger partial charge in [0.15, 0.2) is 5.76 Å². The average Bonchev–Trinajstić information content (AvgIpc) is 2.91. The summed E-state index contributed by atoms with van der Waals surface area (Å²) in [5.74, 6) is -0.211. The number of aliphatic hydroxyl groups excluding tert-OH is 1. The van der Waals surface area contributed by atoms with Crippen molar-refractivity contribution in [3.63, 3.8) is 0 Å². The molecule has 0 atom stereocenters. The highest BCUT2D eigenvalue weighted by Gasteiger charge is 2.21. The lowest BCUT2D eigenvalue weighted by Crippen LogP contribution is -1.91. The summed E-state index contributed by atoms with van der Waals surface area (Å²) in [5.41, 5.74) is 1.98. The van der Waals surface area contributed by atoms with Crippen molar-refractivity contribution in [3.8, 4) is 22.6 Å². The maximum Gasteiger partial charge on any atom is 0.175 e. The molecule has 0 aliphatic heterocycles. The molecule has 0 saturated heterocycles. The number of aliphatic hydroxyl groups is 1. The molecule has 6 heteroatoms. The van der Waals surface area contributed by atoms with E-state index in [9.17, 15) is 9.50 Å². The van der Waals surface area contributed by atoms with Crippen molar-refractivity contribution in [3.05, 3.63) is 62.8 Å². The summed E-state index contributed by atoms with van der Waals surface area (Å²) in [5, 5.41) is 13.7. The van der Waals surface area contributed by atoms with E-state index >= 15 is 0 Å². The molecule has 0 fully saturated rings. The second-order valence-corrected chi connectivity index (χ2v) is 6.37. The zero-order valence-electron chi connectivity index (χ0n) is 11.2. The molecule has 0 bridgehead atoms. The minimum Gasteiger partial charge on any atom is -0.391 e. The maximum atomic E-state index is 14.1. The molecular weight excluding hydrogens is 417 g/mol. The molecule has 0 amide bonds. The van der Waals surface area contributed by atoms with Crippen molar-refractivity contribution in [2.45, 2.75) is 6.61 Å². The quantitative estimate of drug-likeness (QED) is 0.628. The van der Waals surface area contributed by atoms with Gasteiger partial charge in [-0.25, -0.2) is 4.39 Å². The Morgan fingerprint density at radius 1 is 1.09 bits per heavy atom. The predicted molar refractivity (Wildman–Crippen MR) is 88.7 cm³/mol. The topological polar surface area (TPSA) is 46.3 Å². The van der Waals surface area contributed by atoms with Crippen LogP contribution < -0.4 is 0 Å². The van der Waals surface area contributed by atoms with Gasteiger partial charge in [-0.1, -0.05) is 55.2 Å². The Morgan fingerprint density at radius 2 is 1.86 bits per heavy atom. The molecule has 0 unspecified atom stereocenters. The van der Waals surface area contributed by atoms with Crippen molar-refractivity contribution < 1.29 is 14.0 Å². The highest BCUT2D eigenvalue weighted by atomic mass is 79.9. The highest BCUT2D eigenvalue weighted by molar-refractivity contribution is 9.10. The SMILES string of the molecule is OCc1c(-c2ccccc2Br)noc1-c1ccc(Br)cc1F. The first-order chi connectivity index (χ1) is 10.6. The van der Waals surface area contributed by atoms with E-state index in [0.717, 1.165) is 10.0 Å².